The van der Waals surface area contributed by atoms with Gasteiger partial charge in [-0.25, -0.2) is 0 Å². The zero-order chi connectivity index (χ0) is 15.5. The first-order valence-corrected chi connectivity index (χ1v) is 6.69. The van der Waals surface area contributed by atoms with Gasteiger partial charge in [0.25, 0.3) is 18.0 Å². The fourth-order valence-electron chi connectivity index (χ4n) is 2.45. The first kappa shape index (κ1) is 15.3. The van der Waals surface area contributed by atoms with Gasteiger partial charge in [-0.2, -0.15) is 0 Å². The van der Waals surface area contributed by atoms with E-state index in [9.17, 15) is 19.2 Å². The molecule has 0 amide bonds. The molecule has 2 aliphatic rings. The van der Waals surface area contributed by atoms with Crippen LogP contribution in [0.15, 0.2) is 0 Å². The molecule has 8 heteroatoms. The van der Waals surface area contributed by atoms with Crippen LogP contribution in [-0.2, 0) is 38.1 Å². The largest absolute Gasteiger partial charge is 0.425 e. The van der Waals surface area contributed by atoms with E-state index in [0.29, 0.717) is 0 Å². The van der Waals surface area contributed by atoms with Crippen molar-refractivity contribution in [1.29, 1.82) is 0 Å². The van der Waals surface area contributed by atoms with Gasteiger partial charge < -0.3 is 18.9 Å². The molecule has 0 unspecified atom stereocenters. The average molecular weight is 300 g/mol. The molecule has 116 valence electrons. The van der Waals surface area contributed by atoms with E-state index in [1.165, 1.54) is 0 Å². The highest BCUT2D eigenvalue weighted by Crippen LogP contribution is 2.42. The minimum absolute atomic E-state index is 0.0814. The van der Waals surface area contributed by atoms with E-state index in [4.69, 9.17) is 18.9 Å². The number of rotatable bonds is 4. The Morgan fingerprint density at radius 1 is 1.19 bits per heavy atom. The molecule has 21 heavy (non-hydrogen) atoms. The number of esters is 3. The highest BCUT2D eigenvalue weighted by molar-refractivity contribution is 5.93. The van der Waals surface area contributed by atoms with Gasteiger partial charge in [-0.1, -0.05) is 6.92 Å². The first-order valence-electron chi connectivity index (χ1n) is 6.69. The summed E-state index contributed by atoms with van der Waals surface area (Å²) in [6.07, 6.45) is 0.0718. The van der Waals surface area contributed by atoms with Gasteiger partial charge in [-0.3, -0.25) is 19.2 Å². The molecular formula is C13H16O8. The smallest absolute Gasteiger partial charge is 0.320 e. The maximum Gasteiger partial charge on any atom is 0.320 e. The standard InChI is InChI=1S/C13H16O8/c1-2-9(15)19-12(18-8-14)3-5-13(6-4-12)20-10(16)7-11(17)21-13/h8H,2-7H2,1H3. The predicted octanol–water partition coefficient (Wildman–Crippen LogP) is 0.569. The Morgan fingerprint density at radius 3 is 2.24 bits per heavy atom. The lowest BCUT2D eigenvalue weighted by atomic mass is 9.88. The zero-order valence-electron chi connectivity index (χ0n) is 11.6. The highest BCUT2D eigenvalue weighted by atomic mass is 16.8. The quantitative estimate of drug-likeness (QED) is 0.321. The van der Waals surface area contributed by atoms with Crippen LogP contribution in [0.1, 0.15) is 45.4 Å². The van der Waals surface area contributed by atoms with E-state index >= 15 is 0 Å². The van der Waals surface area contributed by atoms with E-state index in [1.54, 1.807) is 6.92 Å². The summed E-state index contributed by atoms with van der Waals surface area (Å²) in [6.45, 7) is 1.83. The van der Waals surface area contributed by atoms with E-state index in [0.717, 1.165) is 0 Å². The molecule has 0 radical (unpaired) electrons. The van der Waals surface area contributed by atoms with Gasteiger partial charge in [0.15, 0.2) is 0 Å². The summed E-state index contributed by atoms with van der Waals surface area (Å²) in [7, 11) is 0. The van der Waals surface area contributed by atoms with Gasteiger partial charge in [0.05, 0.1) is 0 Å². The normalized spacial score (nSPS) is 22.9. The molecule has 1 spiro atoms. The number of hydrogen-bond acceptors (Lipinski definition) is 8. The molecule has 8 nitrogen and oxygen atoms in total. The van der Waals surface area contributed by atoms with Gasteiger partial charge in [-0.05, 0) is 0 Å². The van der Waals surface area contributed by atoms with Crippen molar-refractivity contribution < 1.29 is 38.1 Å². The van der Waals surface area contributed by atoms with Crippen molar-refractivity contribution in [1.82, 2.24) is 0 Å². The summed E-state index contributed by atoms with van der Waals surface area (Å²) in [6, 6.07) is 0. The molecule has 0 aromatic carbocycles. The minimum atomic E-state index is -1.39. The molecular weight excluding hydrogens is 284 g/mol. The number of carbonyl (C=O) groups excluding carboxylic acids is 4. The van der Waals surface area contributed by atoms with Crippen LogP contribution in [0.5, 0.6) is 0 Å². The van der Waals surface area contributed by atoms with Crippen LogP contribution in [0.25, 0.3) is 0 Å². The molecule has 1 saturated carbocycles. The maximum atomic E-state index is 11.4. The Bertz CT molecular complexity index is 443. The van der Waals surface area contributed by atoms with Crippen molar-refractivity contribution in [3.8, 4) is 0 Å². The first-order chi connectivity index (χ1) is 9.92. The van der Waals surface area contributed by atoms with Crippen molar-refractivity contribution in [3.63, 3.8) is 0 Å². The summed E-state index contributed by atoms with van der Waals surface area (Å²) in [5.41, 5.74) is 0. The van der Waals surface area contributed by atoms with Crippen LogP contribution in [0.2, 0.25) is 0 Å². The van der Waals surface area contributed by atoms with Crippen LogP contribution in [-0.4, -0.2) is 36.0 Å². The number of carbonyl (C=O) groups is 4. The van der Waals surface area contributed by atoms with Crippen molar-refractivity contribution >= 4 is 24.4 Å². The Kier molecular flexibility index (Phi) is 4.15. The van der Waals surface area contributed by atoms with Gasteiger partial charge in [0.1, 0.15) is 6.42 Å². The van der Waals surface area contributed by atoms with Gasteiger partial charge >= 0.3 is 17.9 Å². The van der Waals surface area contributed by atoms with E-state index in [-0.39, 0.29) is 38.6 Å². The molecule has 0 N–H and O–H groups in total. The van der Waals surface area contributed by atoms with Crippen molar-refractivity contribution in [3.05, 3.63) is 0 Å². The fraction of sp³-hybridized carbons (Fsp3) is 0.692. The Hall–Kier alpha value is -2.12. The van der Waals surface area contributed by atoms with Crippen LogP contribution >= 0.6 is 0 Å². The molecule has 2 rings (SSSR count). The maximum absolute atomic E-state index is 11.4. The SMILES string of the molecule is CCC(=O)OC1(OC=O)CCC2(CC1)OC(=O)CC(=O)O2. The van der Waals surface area contributed by atoms with E-state index in [1.807, 2.05) is 0 Å². The van der Waals surface area contributed by atoms with Crippen LogP contribution in [0.4, 0.5) is 0 Å². The van der Waals surface area contributed by atoms with E-state index in [2.05, 4.69) is 0 Å². The lowest BCUT2D eigenvalue weighted by Crippen LogP contribution is -2.53. The summed E-state index contributed by atoms with van der Waals surface area (Å²) >= 11 is 0. The Balaban J connectivity index is 2.08. The second kappa shape index (κ2) is 5.71. The Morgan fingerprint density at radius 2 is 1.76 bits per heavy atom. The van der Waals surface area contributed by atoms with E-state index < -0.39 is 35.9 Å². The van der Waals surface area contributed by atoms with Crippen LogP contribution < -0.4 is 0 Å². The van der Waals surface area contributed by atoms with Crippen LogP contribution in [0.3, 0.4) is 0 Å². The molecule has 0 aromatic rings. The molecule has 0 aromatic heterocycles. The topological polar surface area (TPSA) is 105 Å². The summed E-state index contributed by atoms with van der Waals surface area (Å²) in [5.74, 6) is -4.55. The molecule has 0 atom stereocenters. The number of hydrogen-bond donors (Lipinski definition) is 0. The fourth-order valence-corrected chi connectivity index (χ4v) is 2.45. The van der Waals surface area contributed by atoms with Crippen molar-refractivity contribution in [2.24, 2.45) is 0 Å². The molecule has 2 fully saturated rings. The molecule has 1 aliphatic carbocycles. The summed E-state index contributed by atoms with van der Waals surface area (Å²) in [4.78, 5) is 44.8. The molecule has 1 aliphatic heterocycles. The Labute approximate surface area is 120 Å². The summed E-state index contributed by atoms with van der Waals surface area (Å²) in [5, 5.41) is 0. The molecule has 1 saturated heterocycles. The van der Waals surface area contributed by atoms with Gasteiger partial charge in [0.2, 0.25) is 0 Å². The molecule has 1 heterocycles. The third-order valence-electron chi connectivity index (χ3n) is 3.51. The van der Waals surface area contributed by atoms with Gasteiger partial charge in [-0.15, -0.1) is 0 Å². The lowest BCUT2D eigenvalue weighted by molar-refractivity contribution is -0.290. The lowest BCUT2D eigenvalue weighted by Gasteiger charge is -2.44. The highest BCUT2D eigenvalue weighted by Gasteiger charge is 2.53. The van der Waals surface area contributed by atoms with Crippen LogP contribution in [0, 0.1) is 0 Å². The number of ether oxygens (including phenoxy) is 4. The monoisotopic (exact) mass is 300 g/mol. The summed E-state index contributed by atoms with van der Waals surface area (Å²) < 4.78 is 20.4. The minimum Gasteiger partial charge on any atom is -0.425 e. The third kappa shape index (κ3) is 3.32. The predicted molar refractivity (Wildman–Crippen MR) is 64.3 cm³/mol. The molecule has 0 bridgehead atoms. The van der Waals surface area contributed by atoms with Crippen molar-refractivity contribution in [2.45, 2.75) is 57.0 Å². The third-order valence-corrected chi connectivity index (χ3v) is 3.51. The van der Waals surface area contributed by atoms with Gasteiger partial charge in [0, 0.05) is 32.1 Å². The second-order valence-electron chi connectivity index (χ2n) is 4.99. The average Bonchev–Trinajstić information content (AvgIpc) is 2.42. The van der Waals surface area contributed by atoms with Crippen molar-refractivity contribution in [2.75, 3.05) is 0 Å². The zero-order valence-corrected chi connectivity index (χ0v) is 11.6. The second-order valence-corrected chi connectivity index (χ2v) is 4.99.